The number of aromatic nitrogens is 3. The highest BCUT2D eigenvalue weighted by atomic mass is 19.1. The molecular formula is C22H21FN4O5. The molecule has 3 N–H and O–H groups in total. The number of nitrogens with zero attached hydrogens (tertiary/aromatic N) is 2. The van der Waals surface area contributed by atoms with Gasteiger partial charge in [0.15, 0.2) is 5.69 Å². The number of aromatic hydroxyl groups is 1. The van der Waals surface area contributed by atoms with Crippen LogP contribution in [0.2, 0.25) is 0 Å². The Morgan fingerprint density at radius 2 is 2.09 bits per heavy atom. The molecule has 1 aliphatic heterocycles. The number of fused-ring (bicyclic) bond motifs is 1. The zero-order valence-corrected chi connectivity index (χ0v) is 17.4. The van der Waals surface area contributed by atoms with Crippen LogP contribution in [-0.4, -0.2) is 32.2 Å². The average Bonchev–Trinajstić information content (AvgIpc) is 2.75. The molecule has 0 fully saturated rings. The highest BCUT2D eigenvalue weighted by Crippen LogP contribution is 2.28. The Labute approximate surface area is 181 Å². The van der Waals surface area contributed by atoms with Gasteiger partial charge in [-0.3, -0.25) is 19.0 Å². The van der Waals surface area contributed by atoms with Crippen molar-refractivity contribution in [3.05, 3.63) is 80.1 Å². The van der Waals surface area contributed by atoms with E-state index in [0.29, 0.717) is 16.7 Å². The summed E-state index contributed by atoms with van der Waals surface area (Å²) in [4.78, 5) is 43.5. The van der Waals surface area contributed by atoms with Gasteiger partial charge in [-0.15, -0.1) is 0 Å². The van der Waals surface area contributed by atoms with Gasteiger partial charge < -0.3 is 20.1 Å². The van der Waals surface area contributed by atoms with E-state index in [4.69, 9.17) is 4.74 Å². The molecule has 0 bridgehead atoms. The monoisotopic (exact) mass is 440 g/mol. The van der Waals surface area contributed by atoms with Crippen molar-refractivity contribution in [1.29, 1.82) is 0 Å². The molecule has 32 heavy (non-hydrogen) atoms. The van der Waals surface area contributed by atoms with Crippen LogP contribution in [0.25, 0.3) is 11.1 Å². The number of amides is 1. The fraction of sp³-hybridized carbons (Fsp3) is 0.273. The summed E-state index contributed by atoms with van der Waals surface area (Å²) in [5, 5.41) is 12.9. The largest absolute Gasteiger partial charge is 0.501 e. The summed E-state index contributed by atoms with van der Waals surface area (Å²) in [7, 11) is 0. The highest BCUT2D eigenvalue weighted by Gasteiger charge is 2.34. The third kappa shape index (κ3) is 3.92. The van der Waals surface area contributed by atoms with Gasteiger partial charge in [-0.1, -0.05) is 6.07 Å². The first kappa shape index (κ1) is 21.4. The summed E-state index contributed by atoms with van der Waals surface area (Å²) in [6.07, 6.45) is 1.45. The Bertz CT molecular complexity index is 1310. The summed E-state index contributed by atoms with van der Waals surface area (Å²) in [6, 6.07) is 6.89. The molecule has 1 aliphatic rings. The van der Waals surface area contributed by atoms with E-state index in [2.05, 4.69) is 15.3 Å². The number of hydrogen-bond acceptors (Lipinski definition) is 6. The van der Waals surface area contributed by atoms with Crippen LogP contribution >= 0.6 is 0 Å². The molecule has 4 rings (SSSR count). The standard InChI is InChI=1S/C22H21FN4O5/c1-22(2)21-26-17(18(29)20(31)27(21)7-8-32-22)19(30)25-11-12-3-5-14(23)9-15(12)13-4-6-16(28)24-10-13/h3-6,9-10,29H,7-8,11H2,1-2H3,(H,24,28)(H,25,30). The lowest BCUT2D eigenvalue weighted by Crippen LogP contribution is -2.42. The van der Waals surface area contributed by atoms with Gasteiger partial charge in [-0.05, 0) is 48.7 Å². The lowest BCUT2D eigenvalue weighted by Gasteiger charge is -2.32. The molecule has 3 heterocycles. The number of hydrogen-bond donors (Lipinski definition) is 3. The summed E-state index contributed by atoms with van der Waals surface area (Å²) in [5.74, 6) is -1.75. The van der Waals surface area contributed by atoms with Crippen LogP contribution in [0.1, 0.15) is 35.7 Å². The topological polar surface area (TPSA) is 126 Å². The third-order valence-corrected chi connectivity index (χ3v) is 5.28. The van der Waals surface area contributed by atoms with E-state index in [-0.39, 0.29) is 31.1 Å². The van der Waals surface area contributed by atoms with Gasteiger partial charge in [0.05, 0.1) is 13.2 Å². The van der Waals surface area contributed by atoms with Crippen molar-refractivity contribution in [2.24, 2.45) is 0 Å². The van der Waals surface area contributed by atoms with E-state index < -0.39 is 34.3 Å². The van der Waals surface area contributed by atoms with Gasteiger partial charge in [0.25, 0.3) is 11.5 Å². The van der Waals surface area contributed by atoms with Gasteiger partial charge in [-0.25, -0.2) is 9.37 Å². The van der Waals surface area contributed by atoms with E-state index in [1.807, 2.05) is 0 Å². The first-order valence-corrected chi connectivity index (χ1v) is 9.91. The van der Waals surface area contributed by atoms with Crippen molar-refractivity contribution >= 4 is 5.91 Å². The summed E-state index contributed by atoms with van der Waals surface area (Å²) in [6.45, 7) is 3.91. The molecule has 166 valence electrons. The predicted molar refractivity (Wildman–Crippen MR) is 113 cm³/mol. The van der Waals surface area contributed by atoms with Crippen molar-refractivity contribution < 1.29 is 19.0 Å². The predicted octanol–water partition coefficient (Wildman–Crippen LogP) is 1.64. The van der Waals surface area contributed by atoms with Crippen LogP contribution in [0.3, 0.4) is 0 Å². The van der Waals surface area contributed by atoms with Crippen LogP contribution in [0.4, 0.5) is 4.39 Å². The van der Waals surface area contributed by atoms with Gasteiger partial charge in [0.1, 0.15) is 17.2 Å². The number of pyridine rings is 1. The summed E-state index contributed by atoms with van der Waals surface area (Å²) < 4.78 is 20.8. The maximum absolute atomic E-state index is 13.9. The van der Waals surface area contributed by atoms with Gasteiger partial charge in [-0.2, -0.15) is 0 Å². The molecule has 1 aromatic carbocycles. The van der Waals surface area contributed by atoms with Crippen LogP contribution in [0.15, 0.2) is 46.1 Å². The van der Waals surface area contributed by atoms with E-state index in [1.165, 1.54) is 35.0 Å². The van der Waals surface area contributed by atoms with Crippen LogP contribution < -0.4 is 16.4 Å². The van der Waals surface area contributed by atoms with Crippen molar-refractivity contribution in [3.8, 4) is 16.9 Å². The Morgan fingerprint density at radius 3 is 2.81 bits per heavy atom. The molecule has 0 atom stereocenters. The second kappa shape index (κ2) is 8.04. The Morgan fingerprint density at radius 1 is 1.31 bits per heavy atom. The zero-order chi connectivity index (χ0) is 23.0. The molecule has 10 heteroatoms. The minimum absolute atomic E-state index is 0.0347. The molecule has 1 amide bonds. The number of H-pyrrole nitrogens is 1. The lowest BCUT2D eigenvalue weighted by molar-refractivity contribution is -0.0566. The van der Waals surface area contributed by atoms with E-state index >= 15 is 0 Å². The maximum Gasteiger partial charge on any atom is 0.296 e. The van der Waals surface area contributed by atoms with Gasteiger partial charge >= 0.3 is 0 Å². The molecule has 3 aromatic rings. The highest BCUT2D eigenvalue weighted by molar-refractivity contribution is 5.94. The van der Waals surface area contributed by atoms with Crippen LogP contribution in [0.5, 0.6) is 5.75 Å². The van der Waals surface area contributed by atoms with Crippen molar-refractivity contribution in [3.63, 3.8) is 0 Å². The Kier molecular flexibility index (Phi) is 5.39. The zero-order valence-electron chi connectivity index (χ0n) is 17.4. The van der Waals surface area contributed by atoms with E-state index in [9.17, 15) is 23.9 Å². The molecule has 0 radical (unpaired) electrons. The quantitative estimate of drug-likeness (QED) is 0.566. The fourth-order valence-corrected chi connectivity index (χ4v) is 3.64. The number of carbonyl (C=O) groups is 1. The number of carbonyl (C=O) groups excluding carboxylic acids is 1. The number of halogens is 1. The number of aromatic amines is 1. The summed E-state index contributed by atoms with van der Waals surface area (Å²) >= 11 is 0. The Balaban J connectivity index is 1.64. The van der Waals surface area contributed by atoms with Gasteiger partial charge in [0, 0.05) is 18.8 Å². The Hall–Kier alpha value is -3.79. The molecule has 0 unspecified atom stereocenters. The molecule has 0 spiro atoms. The molecule has 2 aromatic heterocycles. The van der Waals surface area contributed by atoms with Crippen molar-refractivity contribution in [1.82, 2.24) is 19.9 Å². The number of ether oxygens (including phenoxy) is 1. The second-order valence-electron chi connectivity index (χ2n) is 7.87. The first-order valence-electron chi connectivity index (χ1n) is 9.91. The maximum atomic E-state index is 13.9. The molecule has 0 aliphatic carbocycles. The second-order valence-corrected chi connectivity index (χ2v) is 7.87. The molecule has 0 saturated carbocycles. The number of rotatable bonds is 4. The minimum Gasteiger partial charge on any atom is -0.501 e. The van der Waals surface area contributed by atoms with E-state index in [1.54, 1.807) is 19.9 Å². The van der Waals surface area contributed by atoms with Crippen molar-refractivity contribution in [2.45, 2.75) is 32.5 Å². The number of nitrogens with one attached hydrogen (secondary N) is 2. The first-order chi connectivity index (χ1) is 15.2. The molecular weight excluding hydrogens is 419 g/mol. The minimum atomic E-state index is -0.908. The average molecular weight is 440 g/mol. The normalized spacial score (nSPS) is 14.6. The fourth-order valence-electron chi connectivity index (χ4n) is 3.64. The third-order valence-electron chi connectivity index (χ3n) is 5.28. The van der Waals surface area contributed by atoms with Crippen molar-refractivity contribution in [2.75, 3.05) is 6.61 Å². The van der Waals surface area contributed by atoms with Gasteiger partial charge in [0.2, 0.25) is 11.3 Å². The molecule has 0 saturated heterocycles. The van der Waals surface area contributed by atoms with E-state index in [0.717, 1.165) is 0 Å². The SMILES string of the molecule is CC1(C)OCCn2c1nc(C(=O)NCc1ccc(F)cc1-c1ccc(=O)[nH]c1)c(O)c2=O. The van der Waals surface area contributed by atoms with Crippen LogP contribution in [-0.2, 0) is 23.4 Å². The molecule has 9 nitrogen and oxygen atoms in total. The van der Waals surface area contributed by atoms with Crippen LogP contribution in [0, 0.1) is 5.82 Å². The smallest absolute Gasteiger partial charge is 0.296 e. The lowest BCUT2D eigenvalue weighted by atomic mass is 10.0. The number of benzene rings is 1. The summed E-state index contributed by atoms with van der Waals surface area (Å²) in [5.41, 5.74) is -0.746.